The SMILES string of the molecule is COc1ccc(C(NC(=O)c2cnc3sccn3c2=O)C2CC2)cc1. The summed E-state index contributed by atoms with van der Waals surface area (Å²) in [6, 6.07) is 7.56. The van der Waals surface area contributed by atoms with E-state index < -0.39 is 0 Å². The molecule has 7 heteroatoms. The van der Waals surface area contributed by atoms with Gasteiger partial charge in [-0.15, -0.1) is 11.3 Å². The summed E-state index contributed by atoms with van der Waals surface area (Å²) in [7, 11) is 1.62. The van der Waals surface area contributed by atoms with Crippen molar-refractivity contribution in [3.63, 3.8) is 0 Å². The fraction of sp³-hybridized carbons (Fsp3) is 0.278. The van der Waals surface area contributed by atoms with Gasteiger partial charge in [-0.05, 0) is 36.5 Å². The van der Waals surface area contributed by atoms with Gasteiger partial charge in [-0.25, -0.2) is 4.98 Å². The third-order valence-corrected chi connectivity index (χ3v) is 5.21. The van der Waals surface area contributed by atoms with E-state index in [1.165, 1.54) is 21.9 Å². The van der Waals surface area contributed by atoms with Crippen molar-refractivity contribution in [2.24, 2.45) is 5.92 Å². The minimum Gasteiger partial charge on any atom is -0.497 e. The van der Waals surface area contributed by atoms with Gasteiger partial charge in [-0.2, -0.15) is 0 Å². The summed E-state index contributed by atoms with van der Waals surface area (Å²) in [4.78, 5) is 29.9. The molecule has 1 unspecified atom stereocenters. The van der Waals surface area contributed by atoms with Crippen molar-refractivity contribution in [1.82, 2.24) is 14.7 Å². The summed E-state index contributed by atoms with van der Waals surface area (Å²) in [6.45, 7) is 0. The number of carbonyl (C=O) groups is 1. The Morgan fingerprint density at radius 2 is 2.12 bits per heavy atom. The van der Waals surface area contributed by atoms with Crippen LogP contribution in [0, 0.1) is 5.92 Å². The van der Waals surface area contributed by atoms with Gasteiger partial charge in [0, 0.05) is 17.8 Å². The van der Waals surface area contributed by atoms with E-state index in [9.17, 15) is 9.59 Å². The van der Waals surface area contributed by atoms with Crippen molar-refractivity contribution in [2.75, 3.05) is 7.11 Å². The number of methoxy groups -OCH3 is 1. The van der Waals surface area contributed by atoms with Crippen LogP contribution in [0.4, 0.5) is 0 Å². The highest BCUT2D eigenvalue weighted by Gasteiger charge is 2.34. The summed E-state index contributed by atoms with van der Waals surface area (Å²) in [6.07, 6.45) is 5.13. The van der Waals surface area contributed by atoms with E-state index in [2.05, 4.69) is 10.3 Å². The fourth-order valence-corrected chi connectivity index (χ4v) is 3.59. The number of hydrogen-bond acceptors (Lipinski definition) is 5. The largest absolute Gasteiger partial charge is 0.497 e. The van der Waals surface area contributed by atoms with E-state index in [0.29, 0.717) is 10.9 Å². The molecule has 3 aromatic rings. The third-order valence-electron chi connectivity index (χ3n) is 4.44. The molecule has 0 radical (unpaired) electrons. The summed E-state index contributed by atoms with van der Waals surface area (Å²) in [5.74, 6) is 0.790. The van der Waals surface area contributed by atoms with Gasteiger partial charge in [0.15, 0.2) is 4.96 Å². The first-order valence-corrected chi connectivity index (χ1v) is 8.95. The number of rotatable bonds is 5. The second-order valence-corrected chi connectivity index (χ2v) is 6.97. The number of fused-ring (bicyclic) bond motifs is 1. The molecule has 0 saturated heterocycles. The molecule has 2 aromatic heterocycles. The van der Waals surface area contributed by atoms with Crippen LogP contribution in [0.3, 0.4) is 0 Å². The predicted molar refractivity (Wildman–Crippen MR) is 95.3 cm³/mol. The summed E-state index contributed by atoms with van der Waals surface area (Å²) in [5, 5.41) is 4.79. The first-order chi connectivity index (χ1) is 12.2. The number of hydrogen-bond donors (Lipinski definition) is 1. The lowest BCUT2D eigenvalue weighted by atomic mass is 10.0. The normalized spacial score (nSPS) is 15.1. The van der Waals surface area contributed by atoms with E-state index in [1.54, 1.807) is 18.7 Å². The van der Waals surface area contributed by atoms with Gasteiger partial charge in [-0.3, -0.25) is 14.0 Å². The Bertz CT molecular complexity index is 973. The lowest BCUT2D eigenvalue weighted by Gasteiger charge is -2.19. The zero-order chi connectivity index (χ0) is 17.4. The number of aromatic nitrogens is 2. The van der Waals surface area contributed by atoms with E-state index in [-0.39, 0.29) is 23.1 Å². The van der Waals surface area contributed by atoms with Gasteiger partial charge >= 0.3 is 0 Å². The van der Waals surface area contributed by atoms with Crippen LogP contribution in [-0.2, 0) is 0 Å². The summed E-state index contributed by atoms with van der Waals surface area (Å²) >= 11 is 1.36. The van der Waals surface area contributed by atoms with Crippen LogP contribution in [-0.4, -0.2) is 22.4 Å². The number of ether oxygens (including phenoxy) is 1. The van der Waals surface area contributed by atoms with E-state index in [4.69, 9.17) is 4.74 Å². The number of carbonyl (C=O) groups excluding carboxylic acids is 1. The maximum Gasteiger partial charge on any atom is 0.271 e. The summed E-state index contributed by atoms with van der Waals surface area (Å²) in [5.41, 5.74) is 0.740. The van der Waals surface area contributed by atoms with Crippen molar-refractivity contribution >= 4 is 22.2 Å². The molecular weight excluding hydrogens is 338 g/mol. The van der Waals surface area contributed by atoms with Gasteiger partial charge in [0.05, 0.1) is 13.2 Å². The van der Waals surface area contributed by atoms with Crippen molar-refractivity contribution in [1.29, 1.82) is 0 Å². The molecule has 6 nitrogen and oxygen atoms in total. The monoisotopic (exact) mass is 355 g/mol. The molecule has 1 saturated carbocycles. The number of benzene rings is 1. The first kappa shape index (κ1) is 15.8. The van der Waals surface area contributed by atoms with Gasteiger partial charge < -0.3 is 10.1 Å². The van der Waals surface area contributed by atoms with Crippen LogP contribution in [0.5, 0.6) is 5.75 Å². The van der Waals surface area contributed by atoms with Crippen LogP contribution in [0.25, 0.3) is 4.96 Å². The van der Waals surface area contributed by atoms with Crippen LogP contribution < -0.4 is 15.6 Å². The molecule has 1 atom stereocenters. The van der Waals surface area contributed by atoms with Crippen molar-refractivity contribution in [2.45, 2.75) is 18.9 Å². The minimum atomic E-state index is -0.384. The third kappa shape index (κ3) is 3.02. The molecule has 1 amide bonds. The fourth-order valence-electron chi connectivity index (χ4n) is 2.91. The molecule has 4 rings (SSSR count). The van der Waals surface area contributed by atoms with Gasteiger partial charge in [0.1, 0.15) is 11.3 Å². The van der Waals surface area contributed by atoms with E-state index in [1.807, 2.05) is 24.3 Å². The maximum absolute atomic E-state index is 12.7. The van der Waals surface area contributed by atoms with Crippen LogP contribution in [0.1, 0.15) is 34.8 Å². The predicted octanol–water partition coefficient (Wildman–Crippen LogP) is 2.65. The number of thiazole rings is 1. The Kier molecular flexibility index (Phi) is 4.01. The first-order valence-electron chi connectivity index (χ1n) is 8.07. The van der Waals surface area contributed by atoms with Gasteiger partial charge in [0.2, 0.25) is 0 Å². The molecule has 1 aliphatic carbocycles. The molecule has 1 aromatic carbocycles. The Hall–Kier alpha value is -2.67. The molecule has 2 heterocycles. The highest BCUT2D eigenvalue weighted by molar-refractivity contribution is 7.15. The Morgan fingerprint density at radius 1 is 1.36 bits per heavy atom. The topological polar surface area (TPSA) is 72.7 Å². The quantitative estimate of drug-likeness (QED) is 0.764. The Labute approximate surface area is 148 Å². The van der Waals surface area contributed by atoms with Gasteiger partial charge in [0.25, 0.3) is 11.5 Å². The maximum atomic E-state index is 12.7. The molecule has 1 N–H and O–H groups in total. The van der Waals surface area contributed by atoms with Gasteiger partial charge in [-0.1, -0.05) is 12.1 Å². The second kappa shape index (κ2) is 6.33. The molecule has 1 aliphatic rings. The molecule has 0 aliphatic heterocycles. The van der Waals surface area contributed by atoms with Crippen molar-refractivity contribution in [3.8, 4) is 5.75 Å². The number of amides is 1. The standard InChI is InChI=1S/C18H17N3O3S/c1-24-13-6-4-12(5-7-13)15(11-2-3-11)20-16(22)14-10-19-18-21(17(14)23)8-9-25-18/h4-11,15H,2-3H2,1H3,(H,20,22). The van der Waals surface area contributed by atoms with Crippen LogP contribution >= 0.6 is 11.3 Å². The number of nitrogens with zero attached hydrogens (tertiary/aromatic N) is 2. The van der Waals surface area contributed by atoms with Crippen molar-refractivity contribution < 1.29 is 9.53 Å². The average Bonchev–Trinajstić information content (AvgIpc) is 3.36. The second-order valence-electron chi connectivity index (χ2n) is 6.09. The van der Waals surface area contributed by atoms with E-state index >= 15 is 0 Å². The van der Waals surface area contributed by atoms with Crippen molar-refractivity contribution in [3.05, 3.63) is 63.5 Å². The smallest absolute Gasteiger partial charge is 0.271 e. The van der Waals surface area contributed by atoms with Crippen LogP contribution in [0.2, 0.25) is 0 Å². The Balaban J connectivity index is 1.62. The molecular formula is C18H17N3O3S. The molecule has 0 bridgehead atoms. The Morgan fingerprint density at radius 3 is 2.80 bits per heavy atom. The lowest BCUT2D eigenvalue weighted by molar-refractivity contribution is 0.0929. The highest BCUT2D eigenvalue weighted by atomic mass is 32.1. The zero-order valence-corrected chi connectivity index (χ0v) is 14.5. The zero-order valence-electron chi connectivity index (χ0n) is 13.6. The lowest BCUT2D eigenvalue weighted by Crippen LogP contribution is -2.34. The average molecular weight is 355 g/mol. The molecule has 1 fully saturated rings. The number of nitrogens with one attached hydrogen (secondary N) is 1. The highest BCUT2D eigenvalue weighted by Crippen LogP contribution is 2.41. The molecule has 0 spiro atoms. The minimum absolute atomic E-state index is 0.0649. The molecule has 25 heavy (non-hydrogen) atoms. The van der Waals surface area contributed by atoms with E-state index in [0.717, 1.165) is 24.2 Å². The molecule has 128 valence electrons. The summed E-state index contributed by atoms with van der Waals surface area (Å²) < 4.78 is 6.59. The van der Waals surface area contributed by atoms with Crippen LogP contribution in [0.15, 0.2) is 46.8 Å².